The second-order valence-electron chi connectivity index (χ2n) is 8.86. The van der Waals surface area contributed by atoms with Crippen LogP contribution in [-0.4, -0.2) is 58.3 Å². The Kier molecular flexibility index (Phi) is 7.83. The zero-order chi connectivity index (χ0) is 26.6. The van der Waals surface area contributed by atoms with Gasteiger partial charge in [0, 0.05) is 29.7 Å². The Morgan fingerprint density at radius 3 is 2.54 bits per heavy atom. The molecule has 1 N–H and O–H groups in total. The van der Waals surface area contributed by atoms with Gasteiger partial charge in [0.1, 0.15) is 17.0 Å². The summed E-state index contributed by atoms with van der Waals surface area (Å²) < 4.78 is 11.8. The lowest BCUT2D eigenvalue weighted by atomic mass is 9.94. The van der Waals surface area contributed by atoms with Crippen molar-refractivity contribution < 1.29 is 23.9 Å². The van der Waals surface area contributed by atoms with Gasteiger partial charge in [-0.15, -0.1) is 0 Å². The van der Waals surface area contributed by atoms with Crippen molar-refractivity contribution in [3.05, 3.63) is 82.1 Å². The van der Waals surface area contributed by atoms with E-state index < -0.39 is 17.4 Å². The largest absolute Gasteiger partial charge is 0.496 e. The van der Waals surface area contributed by atoms with Crippen LogP contribution < -0.4 is 10.1 Å². The van der Waals surface area contributed by atoms with E-state index in [2.05, 4.69) is 10.4 Å². The number of fused-ring (bicyclic) bond motifs is 1. The molecule has 2 heterocycles. The van der Waals surface area contributed by atoms with Gasteiger partial charge in [0.25, 0.3) is 5.91 Å². The standard InChI is InChI=1S/C27H29ClN4O5/c1-4-37-25(34)21-15-22-24(33)31(14-13-18-9-5-7-11-20(18)28)27(2,17-32(22)30-21)26(35)29-16-19-10-6-8-12-23(19)36-3/h5-12,15H,4,13-14,16-17H2,1-3H3,(H,29,35)/t27-/m0/s1. The molecule has 2 amide bonds. The molecule has 0 aliphatic carbocycles. The number of amides is 2. The summed E-state index contributed by atoms with van der Waals surface area (Å²) >= 11 is 6.35. The zero-order valence-corrected chi connectivity index (χ0v) is 21.7. The normalized spacial score (nSPS) is 16.8. The Bertz CT molecular complexity index is 1320. The maximum atomic E-state index is 13.7. The van der Waals surface area contributed by atoms with Crippen molar-refractivity contribution in [1.29, 1.82) is 0 Å². The summed E-state index contributed by atoms with van der Waals surface area (Å²) in [7, 11) is 1.57. The number of nitrogens with one attached hydrogen (secondary N) is 1. The molecule has 1 aliphatic rings. The number of hydrogen-bond donors (Lipinski definition) is 1. The molecule has 0 bridgehead atoms. The Morgan fingerprint density at radius 1 is 1.14 bits per heavy atom. The highest BCUT2D eigenvalue weighted by Crippen LogP contribution is 2.29. The van der Waals surface area contributed by atoms with E-state index in [9.17, 15) is 14.4 Å². The summed E-state index contributed by atoms with van der Waals surface area (Å²) in [5.41, 5.74) is 0.619. The topological polar surface area (TPSA) is 103 Å². The molecule has 0 fully saturated rings. The van der Waals surface area contributed by atoms with Crippen LogP contribution in [0.25, 0.3) is 0 Å². The van der Waals surface area contributed by atoms with Gasteiger partial charge in [-0.2, -0.15) is 5.10 Å². The molecule has 0 spiro atoms. The third-order valence-electron chi connectivity index (χ3n) is 6.47. The van der Waals surface area contributed by atoms with Gasteiger partial charge < -0.3 is 19.7 Å². The van der Waals surface area contributed by atoms with Crippen molar-refractivity contribution in [2.24, 2.45) is 0 Å². The van der Waals surface area contributed by atoms with Crippen LogP contribution in [0.4, 0.5) is 0 Å². The van der Waals surface area contributed by atoms with Gasteiger partial charge in [0.05, 0.1) is 20.3 Å². The first-order valence-electron chi connectivity index (χ1n) is 12.0. The van der Waals surface area contributed by atoms with E-state index in [0.29, 0.717) is 17.2 Å². The Labute approximate surface area is 220 Å². The first kappa shape index (κ1) is 26.2. The number of carbonyl (C=O) groups is 3. The summed E-state index contributed by atoms with van der Waals surface area (Å²) in [6, 6.07) is 16.2. The van der Waals surface area contributed by atoms with E-state index in [4.69, 9.17) is 21.1 Å². The van der Waals surface area contributed by atoms with E-state index in [0.717, 1.165) is 11.1 Å². The minimum atomic E-state index is -1.29. The van der Waals surface area contributed by atoms with Crippen LogP contribution in [-0.2, 0) is 29.0 Å². The number of para-hydroxylation sites is 1. The Hall–Kier alpha value is -3.85. The molecular formula is C27H29ClN4O5. The fraction of sp³-hybridized carbons (Fsp3) is 0.333. The molecular weight excluding hydrogens is 496 g/mol. The molecule has 0 saturated carbocycles. The van der Waals surface area contributed by atoms with E-state index in [1.807, 2.05) is 42.5 Å². The average molecular weight is 525 g/mol. The second-order valence-corrected chi connectivity index (χ2v) is 9.27. The SMILES string of the molecule is CCOC(=O)c1cc2n(n1)C[C@@](C)(C(=O)NCc1ccccc1OC)N(CCc1ccccc1Cl)C2=O. The predicted octanol–water partition coefficient (Wildman–Crippen LogP) is 3.50. The van der Waals surface area contributed by atoms with Crippen LogP contribution in [0.15, 0.2) is 54.6 Å². The molecule has 4 rings (SSSR count). The van der Waals surface area contributed by atoms with Crippen LogP contribution in [0.1, 0.15) is 46.0 Å². The summed E-state index contributed by atoms with van der Waals surface area (Å²) in [5, 5.41) is 7.82. The smallest absolute Gasteiger partial charge is 0.358 e. The number of halogens is 1. The minimum Gasteiger partial charge on any atom is -0.496 e. The minimum absolute atomic E-state index is 0.0231. The molecule has 194 valence electrons. The van der Waals surface area contributed by atoms with Crippen molar-refractivity contribution in [1.82, 2.24) is 20.0 Å². The van der Waals surface area contributed by atoms with Gasteiger partial charge in [-0.3, -0.25) is 14.3 Å². The summed E-state index contributed by atoms with van der Waals surface area (Å²) in [6.45, 7) is 4.09. The van der Waals surface area contributed by atoms with Crippen LogP contribution in [0.2, 0.25) is 5.02 Å². The van der Waals surface area contributed by atoms with Gasteiger partial charge in [0.15, 0.2) is 5.69 Å². The molecule has 0 radical (unpaired) electrons. The molecule has 10 heteroatoms. The molecule has 0 saturated heterocycles. The third-order valence-corrected chi connectivity index (χ3v) is 6.83. The van der Waals surface area contributed by atoms with Gasteiger partial charge in [-0.25, -0.2) is 4.79 Å². The highest BCUT2D eigenvalue weighted by Gasteiger charge is 2.48. The molecule has 1 aliphatic heterocycles. The Balaban J connectivity index is 1.64. The zero-order valence-electron chi connectivity index (χ0n) is 21.0. The van der Waals surface area contributed by atoms with Gasteiger partial charge in [0.2, 0.25) is 5.91 Å². The first-order valence-corrected chi connectivity index (χ1v) is 12.4. The number of benzene rings is 2. The van der Waals surface area contributed by atoms with Gasteiger partial charge >= 0.3 is 5.97 Å². The first-order chi connectivity index (χ1) is 17.8. The second kappa shape index (κ2) is 11.0. The van der Waals surface area contributed by atoms with Crippen molar-refractivity contribution in [2.45, 2.75) is 38.9 Å². The van der Waals surface area contributed by atoms with E-state index in [1.165, 1.54) is 15.6 Å². The van der Waals surface area contributed by atoms with Crippen LogP contribution in [0, 0.1) is 0 Å². The molecule has 1 aromatic heterocycles. The fourth-order valence-electron chi connectivity index (χ4n) is 4.44. The van der Waals surface area contributed by atoms with Crippen LogP contribution in [0.5, 0.6) is 5.75 Å². The van der Waals surface area contributed by atoms with E-state index in [1.54, 1.807) is 27.0 Å². The average Bonchev–Trinajstić information content (AvgIpc) is 3.32. The van der Waals surface area contributed by atoms with Gasteiger partial charge in [-0.1, -0.05) is 48.0 Å². The van der Waals surface area contributed by atoms with E-state index in [-0.39, 0.29) is 43.5 Å². The molecule has 0 unspecified atom stereocenters. The quantitative estimate of drug-likeness (QED) is 0.430. The van der Waals surface area contributed by atoms with Crippen LogP contribution in [0.3, 0.4) is 0 Å². The number of nitrogens with zero attached hydrogens (tertiary/aromatic N) is 3. The number of ether oxygens (including phenoxy) is 2. The Morgan fingerprint density at radius 2 is 1.84 bits per heavy atom. The van der Waals surface area contributed by atoms with Crippen molar-refractivity contribution in [2.75, 3.05) is 20.3 Å². The lowest BCUT2D eigenvalue weighted by Gasteiger charge is -2.43. The monoisotopic (exact) mass is 524 g/mol. The molecule has 2 aromatic carbocycles. The van der Waals surface area contributed by atoms with E-state index >= 15 is 0 Å². The number of rotatable bonds is 9. The van der Waals surface area contributed by atoms with Crippen molar-refractivity contribution >= 4 is 29.4 Å². The highest BCUT2D eigenvalue weighted by atomic mass is 35.5. The lowest BCUT2D eigenvalue weighted by Crippen LogP contribution is -2.64. The van der Waals surface area contributed by atoms with Gasteiger partial charge in [-0.05, 0) is 38.0 Å². The summed E-state index contributed by atoms with van der Waals surface area (Å²) in [5.74, 6) is -0.736. The summed E-state index contributed by atoms with van der Waals surface area (Å²) in [4.78, 5) is 41.2. The number of hydrogen-bond acceptors (Lipinski definition) is 6. The molecule has 1 atom stereocenters. The number of methoxy groups -OCH3 is 1. The number of esters is 1. The number of carbonyl (C=O) groups excluding carboxylic acids is 3. The lowest BCUT2D eigenvalue weighted by molar-refractivity contribution is -0.133. The maximum absolute atomic E-state index is 13.7. The molecule has 37 heavy (non-hydrogen) atoms. The third kappa shape index (κ3) is 5.32. The summed E-state index contributed by atoms with van der Waals surface area (Å²) in [6.07, 6.45) is 0.444. The fourth-order valence-corrected chi connectivity index (χ4v) is 4.67. The maximum Gasteiger partial charge on any atom is 0.358 e. The predicted molar refractivity (Wildman–Crippen MR) is 138 cm³/mol. The molecule has 3 aromatic rings. The van der Waals surface area contributed by atoms with Crippen molar-refractivity contribution in [3.8, 4) is 5.75 Å². The van der Waals surface area contributed by atoms with Crippen molar-refractivity contribution in [3.63, 3.8) is 0 Å². The highest BCUT2D eigenvalue weighted by molar-refractivity contribution is 6.31. The number of aromatic nitrogens is 2. The molecule has 9 nitrogen and oxygen atoms in total. The van der Waals surface area contributed by atoms with Crippen LogP contribution >= 0.6 is 11.6 Å².